The molecule has 2 rings (SSSR count). The molecule has 0 spiro atoms. The molecule has 6 nitrogen and oxygen atoms in total. The van der Waals surface area contributed by atoms with Crippen LogP contribution in [0.3, 0.4) is 0 Å². The fourth-order valence-corrected chi connectivity index (χ4v) is 3.25. The lowest BCUT2D eigenvalue weighted by Gasteiger charge is -2.16. The van der Waals surface area contributed by atoms with Crippen molar-refractivity contribution in [1.82, 2.24) is 9.88 Å². The van der Waals surface area contributed by atoms with E-state index < -0.39 is 35.0 Å². The van der Waals surface area contributed by atoms with E-state index in [0.29, 0.717) is 9.59 Å². The summed E-state index contributed by atoms with van der Waals surface area (Å²) in [6.45, 7) is 0.634. The standard InChI is InChI=1S/C18H12BrClF3N3O3/c1-2-7-25-16(27)17(28)29-9-26-14(10-3-5-11(20)6-4-10)12(8-24)13(19)15(26)18(21,22)23/h2-7H,9H2,1H3,(H,25,27)/b7-2+. The van der Waals surface area contributed by atoms with Crippen molar-refractivity contribution in [1.29, 1.82) is 5.26 Å². The van der Waals surface area contributed by atoms with Gasteiger partial charge in [-0.2, -0.15) is 18.4 Å². The summed E-state index contributed by atoms with van der Waals surface area (Å²) >= 11 is 8.63. The van der Waals surface area contributed by atoms with Crippen molar-refractivity contribution in [2.75, 3.05) is 0 Å². The van der Waals surface area contributed by atoms with Gasteiger partial charge in [0.25, 0.3) is 0 Å². The predicted octanol–water partition coefficient (Wildman–Crippen LogP) is 4.61. The number of carbonyl (C=O) groups excluding carboxylic acids is 2. The van der Waals surface area contributed by atoms with Crippen molar-refractivity contribution >= 4 is 39.4 Å². The highest BCUT2D eigenvalue weighted by Crippen LogP contribution is 2.43. The summed E-state index contributed by atoms with van der Waals surface area (Å²) in [5, 5.41) is 11.8. The molecular formula is C18H12BrClF3N3O3. The topological polar surface area (TPSA) is 84.1 Å². The monoisotopic (exact) mass is 489 g/mol. The highest BCUT2D eigenvalue weighted by atomic mass is 79.9. The number of nitriles is 1. The summed E-state index contributed by atoms with van der Waals surface area (Å²) in [7, 11) is 0. The second-order valence-corrected chi connectivity index (χ2v) is 6.69. The van der Waals surface area contributed by atoms with Crippen LogP contribution in [0.1, 0.15) is 18.2 Å². The summed E-state index contributed by atoms with van der Waals surface area (Å²) in [6.07, 6.45) is -2.27. The summed E-state index contributed by atoms with van der Waals surface area (Å²) in [4.78, 5) is 23.4. The number of amides is 1. The minimum Gasteiger partial charge on any atom is -0.437 e. The Labute approximate surface area is 176 Å². The molecule has 0 aliphatic rings. The average Bonchev–Trinajstić information content (AvgIpc) is 2.96. The first-order valence-corrected chi connectivity index (χ1v) is 9.02. The number of carbonyl (C=O) groups is 2. The quantitative estimate of drug-likeness (QED) is 0.501. The summed E-state index contributed by atoms with van der Waals surface area (Å²) in [6, 6.07) is 7.43. The number of ether oxygens (including phenoxy) is 1. The van der Waals surface area contributed by atoms with Gasteiger partial charge in [-0.15, -0.1) is 0 Å². The lowest BCUT2D eigenvalue weighted by molar-refractivity contribution is -0.160. The molecule has 0 fully saturated rings. The van der Waals surface area contributed by atoms with E-state index in [1.54, 1.807) is 13.0 Å². The maximum atomic E-state index is 13.7. The molecule has 1 aromatic carbocycles. The van der Waals surface area contributed by atoms with Crippen LogP contribution in [0.2, 0.25) is 5.02 Å². The number of hydrogen-bond acceptors (Lipinski definition) is 4. The maximum Gasteiger partial charge on any atom is 0.432 e. The molecule has 0 atom stereocenters. The lowest BCUT2D eigenvalue weighted by Crippen LogP contribution is -2.30. The molecular weight excluding hydrogens is 479 g/mol. The number of aromatic nitrogens is 1. The van der Waals surface area contributed by atoms with Crippen molar-refractivity contribution in [3.05, 3.63) is 57.3 Å². The highest BCUT2D eigenvalue weighted by Gasteiger charge is 2.41. The molecule has 0 unspecified atom stereocenters. The minimum atomic E-state index is -4.88. The zero-order valence-corrected chi connectivity index (χ0v) is 17.0. The van der Waals surface area contributed by atoms with Crippen LogP contribution in [0, 0.1) is 11.3 Å². The van der Waals surface area contributed by atoms with Crippen LogP contribution in [-0.2, 0) is 27.2 Å². The Morgan fingerprint density at radius 1 is 1.34 bits per heavy atom. The van der Waals surface area contributed by atoms with Crippen molar-refractivity contribution in [2.24, 2.45) is 0 Å². The van der Waals surface area contributed by atoms with Gasteiger partial charge < -0.3 is 14.6 Å². The molecule has 29 heavy (non-hydrogen) atoms. The molecule has 0 bridgehead atoms. The van der Waals surface area contributed by atoms with Crippen LogP contribution in [0.5, 0.6) is 0 Å². The fraction of sp³-hybridized carbons (Fsp3) is 0.167. The highest BCUT2D eigenvalue weighted by molar-refractivity contribution is 9.10. The van der Waals surface area contributed by atoms with E-state index in [1.165, 1.54) is 36.5 Å². The zero-order chi connectivity index (χ0) is 21.8. The van der Waals surface area contributed by atoms with Crippen LogP contribution in [-0.4, -0.2) is 16.4 Å². The molecule has 0 saturated heterocycles. The average molecular weight is 491 g/mol. The first-order chi connectivity index (χ1) is 13.6. The van der Waals surface area contributed by atoms with Gasteiger partial charge >= 0.3 is 18.1 Å². The molecule has 11 heteroatoms. The molecule has 0 aliphatic carbocycles. The van der Waals surface area contributed by atoms with E-state index in [2.05, 4.69) is 21.2 Å². The van der Waals surface area contributed by atoms with Crippen molar-refractivity contribution < 1.29 is 27.5 Å². The molecule has 1 amide bonds. The molecule has 152 valence electrons. The number of benzene rings is 1. The smallest absolute Gasteiger partial charge is 0.432 e. The van der Waals surface area contributed by atoms with Crippen molar-refractivity contribution in [2.45, 2.75) is 19.8 Å². The van der Waals surface area contributed by atoms with Gasteiger partial charge in [-0.05, 0) is 40.5 Å². The van der Waals surface area contributed by atoms with Gasteiger partial charge in [0.15, 0.2) is 6.73 Å². The van der Waals surface area contributed by atoms with Gasteiger partial charge in [0.2, 0.25) is 0 Å². The number of nitrogens with one attached hydrogen (secondary N) is 1. The number of nitrogens with zero attached hydrogens (tertiary/aromatic N) is 2. The Hall–Kier alpha value is -2.77. The van der Waals surface area contributed by atoms with E-state index in [0.717, 1.165) is 0 Å². The first kappa shape index (κ1) is 22.5. The Kier molecular flexibility index (Phi) is 7.11. The molecule has 1 N–H and O–H groups in total. The normalized spacial score (nSPS) is 11.3. The van der Waals surface area contributed by atoms with Crippen LogP contribution in [0.15, 0.2) is 41.0 Å². The lowest BCUT2D eigenvalue weighted by atomic mass is 10.1. The van der Waals surface area contributed by atoms with Gasteiger partial charge in [0.1, 0.15) is 11.8 Å². The molecule has 1 aromatic heterocycles. The number of halogens is 5. The first-order valence-electron chi connectivity index (χ1n) is 7.85. The third kappa shape index (κ3) is 4.99. The van der Waals surface area contributed by atoms with E-state index in [1.807, 2.05) is 0 Å². The molecule has 1 heterocycles. The summed E-state index contributed by atoms with van der Waals surface area (Å²) in [5.74, 6) is -2.54. The van der Waals surface area contributed by atoms with Gasteiger partial charge in [0, 0.05) is 11.2 Å². The third-order valence-electron chi connectivity index (χ3n) is 3.59. The molecule has 0 aliphatic heterocycles. The second-order valence-electron chi connectivity index (χ2n) is 5.47. The maximum absolute atomic E-state index is 13.7. The van der Waals surface area contributed by atoms with Crippen LogP contribution in [0.25, 0.3) is 11.3 Å². The Morgan fingerprint density at radius 2 is 1.97 bits per heavy atom. The van der Waals surface area contributed by atoms with Crippen molar-refractivity contribution in [3.8, 4) is 17.3 Å². The summed E-state index contributed by atoms with van der Waals surface area (Å²) < 4.78 is 45.8. The molecule has 0 radical (unpaired) electrons. The zero-order valence-electron chi connectivity index (χ0n) is 14.7. The number of rotatable bonds is 4. The van der Waals surface area contributed by atoms with Gasteiger partial charge in [-0.3, -0.25) is 4.79 Å². The number of esters is 1. The Balaban J connectivity index is 2.56. The van der Waals surface area contributed by atoms with Crippen LogP contribution >= 0.6 is 27.5 Å². The fourth-order valence-electron chi connectivity index (χ4n) is 2.41. The Bertz CT molecular complexity index is 1010. The van der Waals surface area contributed by atoms with Crippen LogP contribution in [0.4, 0.5) is 13.2 Å². The van der Waals surface area contributed by atoms with Gasteiger partial charge in [0.05, 0.1) is 15.7 Å². The number of allylic oxidation sites excluding steroid dienone is 1. The van der Waals surface area contributed by atoms with Crippen molar-refractivity contribution in [3.63, 3.8) is 0 Å². The summed E-state index contributed by atoms with van der Waals surface area (Å²) in [5.41, 5.74) is -1.46. The third-order valence-corrected chi connectivity index (χ3v) is 4.62. The van der Waals surface area contributed by atoms with E-state index in [4.69, 9.17) is 16.3 Å². The van der Waals surface area contributed by atoms with Gasteiger partial charge in [-0.1, -0.05) is 29.8 Å². The largest absolute Gasteiger partial charge is 0.437 e. The second kappa shape index (κ2) is 9.15. The Morgan fingerprint density at radius 3 is 2.48 bits per heavy atom. The van der Waals surface area contributed by atoms with E-state index in [-0.39, 0.29) is 16.8 Å². The minimum absolute atomic E-state index is 0.148. The number of hydrogen-bond donors (Lipinski definition) is 1. The SMILES string of the molecule is C/C=C/NC(=O)C(=O)OCn1c(-c2ccc(Cl)cc2)c(C#N)c(Br)c1C(F)(F)F. The number of alkyl halides is 3. The molecule has 0 saturated carbocycles. The van der Waals surface area contributed by atoms with E-state index in [9.17, 15) is 28.0 Å². The molecule has 2 aromatic rings. The predicted molar refractivity (Wildman–Crippen MR) is 101 cm³/mol. The van der Waals surface area contributed by atoms with Crippen LogP contribution < -0.4 is 5.32 Å². The van der Waals surface area contributed by atoms with E-state index >= 15 is 0 Å². The van der Waals surface area contributed by atoms with Gasteiger partial charge in [-0.25, -0.2) is 4.79 Å².